The summed E-state index contributed by atoms with van der Waals surface area (Å²) in [6, 6.07) is 6.87. The molecule has 0 spiro atoms. The van der Waals surface area contributed by atoms with E-state index < -0.39 is 5.97 Å². The Balaban J connectivity index is 2.17. The zero-order valence-corrected chi connectivity index (χ0v) is 11.2. The summed E-state index contributed by atoms with van der Waals surface area (Å²) in [5.41, 5.74) is 0.731. The molecular formula is C14H17NO5. The van der Waals surface area contributed by atoms with Gasteiger partial charge in [0.05, 0.1) is 19.8 Å². The van der Waals surface area contributed by atoms with Crippen LogP contribution in [0.25, 0.3) is 0 Å². The second-order valence-electron chi connectivity index (χ2n) is 4.56. The van der Waals surface area contributed by atoms with Gasteiger partial charge in [0.2, 0.25) is 0 Å². The van der Waals surface area contributed by atoms with Crippen molar-refractivity contribution in [3.05, 3.63) is 24.3 Å². The predicted molar refractivity (Wildman–Crippen MR) is 72.0 cm³/mol. The summed E-state index contributed by atoms with van der Waals surface area (Å²) in [4.78, 5) is 24.3. The topological polar surface area (TPSA) is 76.1 Å². The first-order valence-electron chi connectivity index (χ1n) is 6.37. The molecule has 1 unspecified atom stereocenters. The first-order valence-corrected chi connectivity index (χ1v) is 6.37. The lowest BCUT2D eigenvalue weighted by Gasteiger charge is -2.35. The molecular weight excluding hydrogens is 262 g/mol. The lowest BCUT2D eigenvalue weighted by molar-refractivity contribution is -0.138. The van der Waals surface area contributed by atoms with E-state index >= 15 is 0 Å². The SMILES string of the molecule is COc1ccc(N2C(=O)COCC2CCC(=O)O)cc1. The molecule has 6 nitrogen and oxygen atoms in total. The van der Waals surface area contributed by atoms with Crippen LogP contribution in [0.15, 0.2) is 24.3 Å². The minimum atomic E-state index is -0.877. The molecule has 1 fully saturated rings. The van der Waals surface area contributed by atoms with Crippen molar-refractivity contribution in [3.63, 3.8) is 0 Å². The molecule has 1 aliphatic rings. The molecule has 0 bridgehead atoms. The highest BCUT2D eigenvalue weighted by atomic mass is 16.5. The molecule has 2 rings (SSSR count). The monoisotopic (exact) mass is 279 g/mol. The molecule has 1 N–H and O–H groups in total. The minimum absolute atomic E-state index is 0.00790. The second-order valence-corrected chi connectivity index (χ2v) is 4.56. The van der Waals surface area contributed by atoms with Gasteiger partial charge in [-0.1, -0.05) is 0 Å². The number of carbonyl (C=O) groups excluding carboxylic acids is 1. The molecule has 1 aliphatic heterocycles. The van der Waals surface area contributed by atoms with E-state index in [1.54, 1.807) is 36.3 Å². The summed E-state index contributed by atoms with van der Waals surface area (Å²) in [5, 5.41) is 8.77. The van der Waals surface area contributed by atoms with Crippen LogP contribution in [-0.2, 0) is 14.3 Å². The van der Waals surface area contributed by atoms with Crippen LogP contribution >= 0.6 is 0 Å². The smallest absolute Gasteiger partial charge is 0.303 e. The summed E-state index contributed by atoms with van der Waals surface area (Å²) in [7, 11) is 1.57. The molecule has 108 valence electrons. The van der Waals surface area contributed by atoms with Crippen molar-refractivity contribution in [1.82, 2.24) is 0 Å². The Morgan fingerprint density at radius 3 is 2.75 bits per heavy atom. The van der Waals surface area contributed by atoms with E-state index in [2.05, 4.69) is 0 Å². The van der Waals surface area contributed by atoms with Crippen molar-refractivity contribution in [2.75, 3.05) is 25.2 Å². The van der Waals surface area contributed by atoms with Crippen LogP contribution < -0.4 is 9.64 Å². The summed E-state index contributed by atoms with van der Waals surface area (Å²) >= 11 is 0. The number of carbonyl (C=O) groups is 2. The third kappa shape index (κ3) is 3.27. The molecule has 6 heteroatoms. The maximum Gasteiger partial charge on any atom is 0.303 e. The number of ether oxygens (including phenoxy) is 2. The number of rotatable bonds is 5. The number of morpholine rings is 1. The van der Waals surface area contributed by atoms with E-state index in [1.807, 2.05) is 0 Å². The van der Waals surface area contributed by atoms with E-state index in [9.17, 15) is 9.59 Å². The highest BCUT2D eigenvalue weighted by Gasteiger charge is 2.30. The number of hydrogen-bond donors (Lipinski definition) is 1. The fraction of sp³-hybridized carbons (Fsp3) is 0.429. The van der Waals surface area contributed by atoms with E-state index in [4.69, 9.17) is 14.6 Å². The number of aliphatic carboxylic acids is 1. The number of anilines is 1. The molecule has 1 atom stereocenters. The van der Waals surface area contributed by atoms with E-state index in [-0.39, 0.29) is 25.0 Å². The van der Waals surface area contributed by atoms with Crippen LogP contribution in [0.4, 0.5) is 5.69 Å². The Morgan fingerprint density at radius 1 is 1.45 bits per heavy atom. The van der Waals surface area contributed by atoms with Gasteiger partial charge in [-0.2, -0.15) is 0 Å². The maximum absolute atomic E-state index is 12.0. The van der Waals surface area contributed by atoms with E-state index in [1.165, 1.54) is 0 Å². The number of methoxy groups -OCH3 is 1. The van der Waals surface area contributed by atoms with Crippen LogP contribution in [0, 0.1) is 0 Å². The van der Waals surface area contributed by atoms with E-state index in [0.29, 0.717) is 18.8 Å². The average molecular weight is 279 g/mol. The lowest BCUT2D eigenvalue weighted by atomic mass is 10.1. The Bertz CT molecular complexity index is 485. The van der Waals surface area contributed by atoms with E-state index in [0.717, 1.165) is 5.69 Å². The fourth-order valence-electron chi connectivity index (χ4n) is 2.23. The average Bonchev–Trinajstić information content (AvgIpc) is 2.45. The highest BCUT2D eigenvalue weighted by Crippen LogP contribution is 2.25. The largest absolute Gasteiger partial charge is 0.497 e. The molecule has 1 heterocycles. The van der Waals surface area contributed by atoms with Crippen molar-refractivity contribution >= 4 is 17.6 Å². The molecule has 1 saturated heterocycles. The zero-order valence-electron chi connectivity index (χ0n) is 11.2. The number of carboxylic acids is 1. The normalized spacial score (nSPS) is 18.9. The van der Waals surface area contributed by atoms with Gasteiger partial charge in [0.25, 0.3) is 5.91 Å². The number of nitrogens with zero attached hydrogens (tertiary/aromatic N) is 1. The van der Waals surface area contributed by atoms with Gasteiger partial charge in [-0.3, -0.25) is 9.59 Å². The Kier molecular flexibility index (Phi) is 4.57. The molecule has 1 aromatic carbocycles. The third-order valence-electron chi connectivity index (χ3n) is 3.21. The standard InChI is InChI=1S/C14H17NO5/c1-19-12-5-2-10(3-6-12)15-11(4-7-14(17)18)8-20-9-13(15)16/h2-3,5-6,11H,4,7-9H2,1H3,(H,17,18). The third-order valence-corrected chi connectivity index (χ3v) is 3.21. The van der Waals surface area contributed by atoms with Gasteiger partial charge in [-0.15, -0.1) is 0 Å². The molecule has 1 amide bonds. The molecule has 0 saturated carbocycles. The Hall–Kier alpha value is -2.08. The highest BCUT2D eigenvalue weighted by molar-refractivity contribution is 5.95. The van der Waals surface area contributed by atoms with Crippen LogP contribution in [0.3, 0.4) is 0 Å². The molecule has 1 aromatic rings. The number of amides is 1. The summed E-state index contributed by atoms with van der Waals surface area (Å²) in [6.45, 7) is 0.376. The van der Waals surface area contributed by atoms with Gasteiger partial charge in [0.1, 0.15) is 12.4 Å². The number of hydrogen-bond acceptors (Lipinski definition) is 4. The van der Waals surface area contributed by atoms with Crippen molar-refractivity contribution in [3.8, 4) is 5.75 Å². The zero-order chi connectivity index (χ0) is 14.5. The van der Waals surface area contributed by atoms with Gasteiger partial charge < -0.3 is 19.5 Å². The summed E-state index contributed by atoms with van der Waals surface area (Å²) in [5.74, 6) is -0.328. The number of carboxylic acid groups (broad SMARTS) is 1. The first kappa shape index (κ1) is 14.3. The van der Waals surface area contributed by atoms with Crippen LogP contribution in [0.2, 0.25) is 0 Å². The molecule has 0 aromatic heterocycles. The molecule has 0 radical (unpaired) electrons. The van der Waals surface area contributed by atoms with Crippen LogP contribution in [0.5, 0.6) is 5.75 Å². The van der Waals surface area contributed by atoms with Crippen molar-refractivity contribution < 1.29 is 24.2 Å². The first-order chi connectivity index (χ1) is 9.61. The van der Waals surface area contributed by atoms with Crippen LogP contribution in [-0.4, -0.2) is 43.3 Å². The van der Waals surface area contributed by atoms with Gasteiger partial charge in [0, 0.05) is 12.1 Å². The van der Waals surface area contributed by atoms with Crippen molar-refractivity contribution in [2.24, 2.45) is 0 Å². The molecule has 0 aliphatic carbocycles. The Morgan fingerprint density at radius 2 is 2.15 bits per heavy atom. The fourth-order valence-corrected chi connectivity index (χ4v) is 2.23. The minimum Gasteiger partial charge on any atom is -0.497 e. The van der Waals surface area contributed by atoms with Gasteiger partial charge in [0.15, 0.2) is 0 Å². The summed E-state index contributed by atoms with van der Waals surface area (Å²) < 4.78 is 10.3. The van der Waals surface area contributed by atoms with Gasteiger partial charge in [-0.05, 0) is 30.7 Å². The molecule has 20 heavy (non-hydrogen) atoms. The summed E-state index contributed by atoms with van der Waals surface area (Å²) in [6.07, 6.45) is 0.376. The second kappa shape index (κ2) is 6.38. The van der Waals surface area contributed by atoms with Gasteiger partial charge >= 0.3 is 5.97 Å². The van der Waals surface area contributed by atoms with Crippen molar-refractivity contribution in [2.45, 2.75) is 18.9 Å². The predicted octanol–water partition coefficient (Wildman–Crippen LogP) is 1.29. The maximum atomic E-state index is 12.0. The van der Waals surface area contributed by atoms with Crippen molar-refractivity contribution in [1.29, 1.82) is 0 Å². The van der Waals surface area contributed by atoms with Crippen LogP contribution in [0.1, 0.15) is 12.8 Å². The lowest BCUT2D eigenvalue weighted by Crippen LogP contribution is -2.49. The number of benzene rings is 1. The quantitative estimate of drug-likeness (QED) is 0.879. The van der Waals surface area contributed by atoms with Gasteiger partial charge in [-0.25, -0.2) is 0 Å². The Labute approximate surface area is 116 Å².